The third-order valence-electron chi connectivity index (χ3n) is 3.36. The van der Waals surface area contributed by atoms with Crippen LogP contribution in [0.25, 0.3) is 0 Å². The Balaban J connectivity index is 2.05. The van der Waals surface area contributed by atoms with Gasteiger partial charge in [-0.25, -0.2) is 4.79 Å². The van der Waals surface area contributed by atoms with Crippen molar-refractivity contribution < 1.29 is 9.59 Å². The van der Waals surface area contributed by atoms with Gasteiger partial charge in [-0.2, -0.15) is 5.26 Å². The van der Waals surface area contributed by atoms with Crippen LogP contribution in [-0.2, 0) is 4.79 Å². The normalized spacial score (nSPS) is 27.4. The zero-order valence-corrected chi connectivity index (χ0v) is 9.11. The molecule has 1 N–H and O–H groups in total. The summed E-state index contributed by atoms with van der Waals surface area (Å²) in [7, 11) is 0. The first-order chi connectivity index (χ1) is 7.72. The fraction of sp³-hybridized carbons (Fsp3) is 0.727. The SMILES string of the molecule is N#CC1CN(C2CCCCC2)C(=O)NC1=O. The monoisotopic (exact) mass is 221 g/mol. The molecule has 0 radical (unpaired) electrons. The van der Waals surface area contributed by atoms with Crippen LogP contribution in [0.15, 0.2) is 0 Å². The van der Waals surface area contributed by atoms with Crippen molar-refractivity contribution in [3.63, 3.8) is 0 Å². The van der Waals surface area contributed by atoms with Crippen LogP contribution >= 0.6 is 0 Å². The summed E-state index contributed by atoms with van der Waals surface area (Å²) in [4.78, 5) is 24.6. The Kier molecular flexibility index (Phi) is 3.09. The average molecular weight is 221 g/mol. The number of hydrogen-bond acceptors (Lipinski definition) is 3. The second-order valence-electron chi connectivity index (χ2n) is 4.42. The van der Waals surface area contributed by atoms with Crippen molar-refractivity contribution in [2.24, 2.45) is 5.92 Å². The Bertz CT molecular complexity index is 342. The number of carbonyl (C=O) groups excluding carboxylic acids is 2. The van der Waals surface area contributed by atoms with Gasteiger partial charge in [0.05, 0.1) is 6.07 Å². The minimum Gasteiger partial charge on any atom is -0.320 e. The second kappa shape index (κ2) is 4.52. The molecule has 1 aliphatic carbocycles. The summed E-state index contributed by atoms with van der Waals surface area (Å²) in [6.07, 6.45) is 5.44. The minimum atomic E-state index is -0.709. The Morgan fingerprint density at radius 1 is 1.25 bits per heavy atom. The molecule has 2 fully saturated rings. The third kappa shape index (κ3) is 2.01. The van der Waals surface area contributed by atoms with Crippen LogP contribution < -0.4 is 5.32 Å². The molecule has 0 aromatic rings. The maximum atomic E-state index is 11.7. The van der Waals surface area contributed by atoms with Crippen molar-refractivity contribution in [2.45, 2.75) is 38.1 Å². The minimum absolute atomic E-state index is 0.206. The van der Waals surface area contributed by atoms with Gasteiger partial charge in [0.25, 0.3) is 0 Å². The number of hydrogen-bond donors (Lipinski definition) is 1. The predicted molar refractivity (Wildman–Crippen MR) is 56.2 cm³/mol. The molecule has 1 aliphatic heterocycles. The molecule has 0 aromatic heterocycles. The summed E-state index contributed by atoms with van der Waals surface area (Å²) < 4.78 is 0. The van der Waals surface area contributed by atoms with Gasteiger partial charge >= 0.3 is 6.03 Å². The fourth-order valence-electron chi connectivity index (χ4n) is 2.43. The van der Waals surface area contributed by atoms with E-state index in [0.717, 1.165) is 25.7 Å². The highest BCUT2D eigenvalue weighted by atomic mass is 16.2. The zero-order chi connectivity index (χ0) is 11.5. The zero-order valence-electron chi connectivity index (χ0n) is 9.11. The first kappa shape index (κ1) is 10.9. The molecule has 5 nitrogen and oxygen atoms in total. The van der Waals surface area contributed by atoms with Crippen molar-refractivity contribution in [3.05, 3.63) is 0 Å². The molecular formula is C11H15N3O2. The molecular weight excluding hydrogens is 206 g/mol. The molecule has 1 saturated heterocycles. The standard InChI is InChI=1S/C11H15N3O2/c12-6-8-7-14(11(16)13-10(8)15)9-4-2-1-3-5-9/h8-9H,1-5,7H2,(H,13,15,16). The summed E-state index contributed by atoms with van der Waals surface area (Å²) in [6, 6.07) is 1.81. The summed E-state index contributed by atoms with van der Waals surface area (Å²) in [5.74, 6) is -1.17. The molecule has 16 heavy (non-hydrogen) atoms. The summed E-state index contributed by atoms with van der Waals surface area (Å²) >= 11 is 0. The van der Waals surface area contributed by atoms with Crippen LogP contribution in [0.3, 0.4) is 0 Å². The molecule has 0 bridgehead atoms. The van der Waals surface area contributed by atoms with E-state index in [4.69, 9.17) is 5.26 Å². The lowest BCUT2D eigenvalue weighted by Crippen LogP contribution is -2.57. The van der Waals surface area contributed by atoms with E-state index in [2.05, 4.69) is 5.32 Å². The predicted octanol–water partition coefficient (Wildman–Crippen LogP) is 1.01. The van der Waals surface area contributed by atoms with Crippen LogP contribution in [0.1, 0.15) is 32.1 Å². The molecule has 0 aromatic carbocycles. The summed E-state index contributed by atoms with van der Waals surface area (Å²) in [6.45, 7) is 0.256. The Hall–Kier alpha value is -1.57. The number of nitriles is 1. The van der Waals surface area contributed by atoms with Crippen molar-refractivity contribution in [1.82, 2.24) is 10.2 Å². The van der Waals surface area contributed by atoms with E-state index in [1.165, 1.54) is 6.42 Å². The highest BCUT2D eigenvalue weighted by Gasteiger charge is 2.36. The van der Waals surface area contributed by atoms with Gasteiger partial charge in [-0.05, 0) is 12.8 Å². The highest BCUT2D eigenvalue weighted by Crippen LogP contribution is 2.24. The molecule has 86 valence electrons. The lowest BCUT2D eigenvalue weighted by atomic mass is 9.93. The van der Waals surface area contributed by atoms with Gasteiger partial charge in [-0.1, -0.05) is 19.3 Å². The Labute approximate surface area is 94.4 Å². The van der Waals surface area contributed by atoms with Gasteiger partial charge in [0.2, 0.25) is 5.91 Å². The van der Waals surface area contributed by atoms with E-state index in [-0.39, 0.29) is 18.6 Å². The van der Waals surface area contributed by atoms with Crippen LogP contribution in [0, 0.1) is 17.2 Å². The number of carbonyl (C=O) groups is 2. The number of amides is 3. The Morgan fingerprint density at radius 2 is 1.94 bits per heavy atom. The number of urea groups is 1. The van der Waals surface area contributed by atoms with E-state index in [9.17, 15) is 9.59 Å². The van der Waals surface area contributed by atoms with Gasteiger partial charge in [-0.3, -0.25) is 10.1 Å². The largest absolute Gasteiger partial charge is 0.324 e. The third-order valence-corrected chi connectivity index (χ3v) is 3.36. The number of imide groups is 1. The number of nitrogens with one attached hydrogen (secondary N) is 1. The van der Waals surface area contributed by atoms with E-state index in [1.807, 2.05) is 6.07 Å². The molecule has 3 amide bonds. The first-order valence-electron chi connectivity index (χ1n) is 5.73. The van der Waals surface area contributed by atoms with E-state index in [1.54, 1.807) is 4.90 Å². The quantitative estimate of drug-likeness (QED) is 0.718. The van der Waals surface area contributed by atoms with Crippen LogP contribution in [0.5, 0.6) is 0 Å². The molecule has 1 saturated carbocycles. The summed E-state index contributed by atoms with van der Waals surface area (Å²) in [5.41, 5.74) is 0. The van der Waals surface area contributed by atoms with Gasteiger partial charge in [0, 0.05) is 12.6 Å². The van der Waals surface area contributed by atoms with Crippen molar-refractivity contribution in [2.75, 3.05) is 6.54 Å². The maximum Gasteiger partial charge on any atom is 0.324 e. The van der Waals surface area contributed by atoms with Crippen LogP contribution in [-0.4, -0.2) is 29.4 Å². The van der Waals surface area contributed by atoms with Gasteiger partial charge < -0.3 is 4.90 Å². The smallest absolute Gasteiger partial charge is 0.320 e. The number of rotatable bonds is 1. The first-order valence-corrected chi connectivity index (χ1v) is 5.73. The Morgan fingerprint density at radius 3 is 2.56 bits per heavy atom. The summed E-state index contributed by atoms with van der Waals surface area (Å²) in [5, 5.41) is 11.1. The molecule has 2 aliphatic rings. The molecule has 1 heterocycles. The molecule has 1 atom stereocenters. The van der Waals surface area contributed by atoms with Gasteiger partial charge in [0.1, 0.15) is 5.92 Å². The molecule has 1 unspecified atom stereocenters. The lowest BCUT2D eigenvalue weighted by molar-refractivity contribution is -0.124. The van der Waals surface area contributed by atoms with E-state index < -0.39 is 11.8 Å². The lowest BCUT2D eigenvalue weighted by Gasteiger charge is -2.37. The molecule has 5 heteroatoms. The van der Waals surface area contributed by atoms with E-state index >= 15 is 0 Å². The topological polar surface area (TPSA) is 73.2 Å². The van der Waals surface area contributed by atoms with E-state index in [0.29, 0.717) is 0 Å². The molecule has 0 spiro atoms. The molecule has 2 rings (SSSR count). The maximum absolute atomic E-state index is 11.7. The second-order valence-corrected chi connectivity index (χ2v) is 4.42. The van der Waals surface area contributed by atoms with Crippen LogP contribution in [0.2, 0.25) is 0 Å². The number of nitrogens with zero attached hydrogens (tertiary/aromatic N) is 2. The van der Waals surface area contributed by atoms with Crippen molar-refractivity contribution >= 4 is 11.9 Å². The van der Waals surface area contributed by atoms with Crippen molar-refractivity contribution in [3.8, 4) is 6.07 Å². The van der Waals surface area contributed by atoms with Gasteiger partial charge in [0.15, 0.2) is 0 Å². The fourth-order valence-corrected chi connectivity index (χ4v) is 2.43. The van der Waals surface area contributed by atoms with Crippen molar-refractivity contribution in [1.29, 1.82) is 5.26 Å². The highest BCUT2D eigenvalue weighted by molar-refractivity contribution is 5.99. The van der Waals surface area contributed by atoms with Crippen LogP contribution in [0.4, 0.5) is 4.79 Å². The van der Waals surface area contributed by atoms with Gasteiger partial charge in [-0.15, -0.1) is 0 Å². The average Bonchev–Trinajstić information content (AvgIpc) is 2.30.